The second-order valence-corrected chi connectivity index (χ2v) is 11.0. The van der Waals surface area contributed by atoms with Crippen molar-refractivity contribution in [2.75, 3.05) is 7.11 Å². The Morgan fingerprint density at radius 3 is 2.38 bits per heavy atom. The molecule has 5 rings (SSSR count). The topological polar surface area (TPSA) is 100 Å². The summed E-state index contributed by atoms with van der Waals surface area (Å²) in [4.78, 5) is 30.0. The molecule has 188 valence electrons. The lowest BCUT2D eigenvalue weighted by Gasteiger charge is -2.16. The Bertz CT molecular complexity index is 1860. The van der Waals surface area contributed by atoms with Crippen molar-refractivity contribution in [2.24, 2.45) is 7.05 Å². The Hall–Kier alpha value is -3.76. The van der Waals surface area contributed by atoms with Crippen molar-refractivity contribution in [3.63, 3.8) is 0 Å². The van der Waals surface area contributed by atoms with Gasteiger partial charge in [-0.2, -0.15) is 0 Å². The maximum Gasteiger partial charge on any atom is 0.337 e. The summed E-state index contributed by atoms with van der Waals surface area (Å²) in [5.41, 5.74) is 2.89. The van der Waals surface area contributed by atoms with E-state index in [1.165, 1.54) is 34.0 Å². The fourth-order valence-electron chi connectivity index (χ4n) is 4.65. The van der Waals surface area contributed by atoms with E-state index in [4.69, 9.17) is 4.74 Å². The second-order valence-electron chi connectivity index (χ2n) is 8.45. The Labute approximate surface area is 221 Å². The van der Waals surface area contributed by atoms with Gasteiger partial charge in [-0.1, -0.05) is 37.3 Å². The number of methoxy groups -OCH3 is 1. The molecule has 0 fully saturated rings. The van der Waals surface area contributed by atoms with E-state index in [9.17, 15) is 18.0 Å². The summed E-state index contributed by atoms with van der Waals surface area (Å²) >= 11 is 3.43. The Morgan fingerprint density at radius 2 is 1.76 bits per heavy atom. The van der Waals surface area contributed by atoms with Gasteiger partial charge in [0.25, 0.3) is 15.6 Å². The molecule has 5 aromatic rings. The van der Waals surface area contributed by atoms with E-state index in [-0.39, 0.29) is 16.1 Å². The third-order valence-corrected chi connectivity index (χ3v) is 8.97. The maximum absolute atomic E-state index is 13.5. The van der Waals surface area contributed by atoms with E-state index in [1.54, 1.807) is 55.6 Å². The minimum absolute atomic E-state index is 0.137. The monoisotopic (exact) mass is 579 g/mol. The van der Waals surface area contributed by atoms with Crippen LogP contribution in [-0.4, -0.2) is 35.0 Å². The molecule has 0 spiro atoms. The first-order valence-electron chi connectivity index (χ1n) is 11.4. The molecular formula is C27H22BrN3O5S. The zero-order valence-electron chi connectivity index (χ0n) is 20.2. The van der Waals surface area contributed by atoms with Gasteiger partial charge in [0, 0.05) is 17.8 Å². The molecule has 0 saturated carbocycles. The van der Waals surface area contributed by atoms with Crippen molar-refractivity contribution >= 4 is 53.9 Å². The molecule has 0 aliphatic rings. The van der Waals surface area contributed by atoms with E-state index >= 15 is 0 Å². The molecule has 0 radical (unpaired) electrons. The predicted molar refractivity (Wildman–Crippen MR) is 145 cm³/mol. The van der Waals surface area contributed by atoms with Crippen LogP contribution in [0.2, 0.25) is 0 Å². The van der Waals surface area contributed by atoms with Gasteiger partial charge in [-0.15, -0.1) is 0 Å². The number of carbonyl (C=O) groups excluding carboxylic acids is 1. The van der Waals surface area contributed by atoms with Crippen molar-refractivity contribution < 1.29 is 17.9 Å². The van der Waals surface area contributed by atoms with Gasteiger partial charge in [0.1, 0.15) is 4.60 Å². The van der Waals surface area contributed by atoms with Crippen LogP contribution < -0.4 is 5.56 Å². The summed E-state index contributed by atoms with van der Waals surface area (Å²) in [7, 11) is -0.967. The van der Waals surface area contributed by atoms with Crippen molar-refractivity contribution in [3.05, 3.63) is 92.9 Å². The first kappa shape index (κ1) is 24.9. The second kappa shape index (κ2) is 9.28. The average Bonchev–Trinajstić information content (AvgIpc) is 3.27. The molecule has 0 amide bonds. The molecule has 0 N–H and O–H groups in total. The zero-order chi connectivity index (χ0) is 26.5. The third-order valence-electron chi connectivity index (χ3n) is 6.44. The predicted octanol–water partition coefficient (Wildman–Crippen LogP) is 4.90. The highest BCUT2D eigenvalue weighted by Gasteiger charge is 2.26. The number of carbonyl (C=O) groups is 1. The lowest BCUT2D eigenvalue weighted by atomic mass is 9.94. The van der Waals surface area contributed by atoms with Crippen molar-refractivity contribution in [1.82, 2.24) is 13.5 Å². The third kappa shape index (κ3) is 3.87. The fraction of sp³-hybridized carbons (Fsp3) is 0.148. The minimum Gasteiger partial charge on any atom is -0.465 e. The zero-order valence-corrected chi connectivity index (χ0v) is 22.6. The van der Waals surface area contributed by atoms with Crippen LogP contribution in [0, 0.1) is 0 Å². The number of hydrogen-bond acceptors (Lipinski definition) is 6. The first-order chi connectivity index (χ1) is 17.7. The van der Waals surface area contributed by atoms with Crippen molar-refractivity contribution in [3.8, 4) is 11.1 Å². The van der Waals surface area contributed by atoms with E-state index in [1.807, 2.05) is 6.92 Å². The normalized spacial score (nSPS) is 11.8. The van der Waals surface area contributed by atoms with E-state index in [0.717, 1.165) is 10.9 Å². The lowest BCUT2D eigenvalue weighted by molar-refractivity contribution is 0.0600. The Morgan fingerprint density at radius 1 is 1.08 bits per heavy atom. The number of aromatic nitrogens is 3. The van der Waals surface area contributed by atoms with Gasteiger partial charge in [-0.05, 0) is 63.8 Å². The van der Waals surface area contributed by atoms with Crippen LogP contribution in [0.3, 0.4) is 0 Å². The summed E-state index contributed by atoms with van der Waals surface area (Å²) < 4.78 is 34.9. The fourth-order valence-corrected chi connectivity index (χ4v) is 6.99. The quantitative estimate of drug-likeness (QED) is 0.274. The van der Waals surface area contributed by atoms with Crippen LogP contribution in [-0.2, 0) is 28.2 Å². The number of esters is 1. The van der Waals surface area contributed by atoms with Crippen molar-refractivity contribution in [2.45, 2.75) is 18.2 Å². The van der Waals surface area contributed by atoms with Crippen LogP contribution in [0.15, 0.2) is 81.2 Å². The number of nitrogens with zero attached hydrogens (tertiary/aromatic N) is 3. The average molecular weight is 580 g/mol. The highest BCUT2D eigenvalue weighted by molar-refractivity contribution is 9.10. The molecule has 0 bridgehead atoms. The van der Waals surface area contributed by atoms with Crippen LogP contribution in [0.4, 0.5) is 0 Å². The van der Waals surface area contributed by atoms with Gasteiger partial charge in [0.2, 0.25) is 0 Å². The van der Waals surface area contributed by atoms with Crippen molar-refractivity contribution in [1.29, 1.82) is 0 Å². The molecule has 0 aliphatic carbocycles. The van der Waals surface area contributed by atoms with Gasteiger partial charge >= 0.3 is 5.97 Å². The number of hydrogen-bond donors (Lipinski definition) is 0. The maximum atomic E-state index is 13.5. The number of pyridine rings is 2. The van der Waals surface area contributed by atoms with E-state index in [2.05, 4.69) is 20.9 Å². The largest absolute Gasteiger partial charge is 0.465 e. The molecule has 0 saturated heterocycles. The summed E-state index contributed by atoms with van der Waals surface area (Å²) in [6.07, 6.45) is 2.04. The van der Waals surface area contributed by atoms with Gasteiger partial charge in [0.05, 0.1) is 34.8 Å². The summed E-state index contributed by atoms with van der Waals surface area (Å²) in [5.74, 6) is -0.465. The molecular weight excluding hydrogens is 558 g/mol. The standard InChI is InChI=1S/C27H22BrN3O5S/c1-4-19-23(16-10-12-17(13-11-16)27(33)36-3)26(32)30(2)21-15-29-25-20(24(19)21)14-22(28)31(25)37(34,35)18-8-6-5-7-9-18/h5-15H,4H2,1-3H3. The van der Waals surface area contributed by atoms with Gasteiger partial charge in [0.15, 0.2) is 5.65 Å². The van der Waals surface area contributed by atoms with E-state index < -0.39 is 16.0 Å². The molecule has 3 heterocycles. The number of halogens is 1. The summed E-state index contributed by atoms with van der Waals surface area (Å²) in [6, 6.07) is 16.5. The summed E-state index contributed by atoms with van der Waals surface area (Å²) in [5, 5.41) is 1.34. The lowest BCUT2D eigenvalue weighted by Crippen LogP contribution is -2.22. The molecule has 0 unspecified atom stereocenters. The SMILES string of the molecule is CCc1c(-c2ccc(C(=O)OC)cc2)c(=O)n(C)c2cnc3c(cc(Br)n3S(=O)(=O)c3ccccc3)c12. The molecule has 2 aromatic carbocycles. The number of fused-ring (bicyclic) bond motifs is 3. The van der Waals surface area contributed by atoms with Crippen LogP contribution in [0.1, 0.15) is 22.8 Å². The number of ether oxygens (including phenoxy) is 1. The highest BCUT2D eigenvalue weighted by atomic mass is 79.9. The Kier molecular flexibility index (Phi) is 6.25. The molecule has 3 aromatic heterocycles. The molecule has 0 aliphatic heterocycles. The smallest absolute Gasteiger partial charge is 0.337 e. The van der Waals surface area contributed by atoms with E-state index in [0.29, 0.717) is 38.6 Å². The molecule has 37 heavy (non-hydrogen) atoms. The highest BCUT2D eigenvalue weighted by Crippen LogP contribution is 2.36. The number of rotatable bonds is 5. The van der Waals surface area contributed by atoms with Crippen LogP contribution in [0.25, 0.3) is 33.1 Å². The number of benzene rings is 2. The summed E-state index contributed by atoms with van der Waals surface area (Å²) in [6.45, 7) is 1.94. The molecule has 0 atom stereocenters. The van der Waals surface area contributed by atoms with Crippen LogP contribution >= 0.6 is 15.9 Å². The molecule has 10 heteroatoms. The Balaban J connectivity index is 1.85. The van der Waals surface area contributed by atoms with Gasteiger partial charge in [-0.25, -0.2) is 22.2 Å². The van der Waals surface area contributed by atoms with Gasteiger partial charge < -0.3 is 9.30 Å². The van der Waals surface area contributed by atoms with Crippen LogP contribution in [0.5, 0.6) is 0 Å². The first-order valence-corrected chi connectivity index (χ1v) is 13.6. The minimum atomic E-state index is -3.94. The molecule has 8 nitrogen and oxygen atoms in total. The van der Waals surface area contributed by atoms with Gasteiger partial charge in [-0.3, -0.25) is 4.79 Å². The number of aryl methyl sites for hydroxylation is 2.